The Labute approximate surface area is 152 Å². The zero-order chi connectivity index (χ0) is 18.3. The van der Waals surface area contributed by atoms with E-state index in [0.717, 1.165) is 11.3 Å². The lowest BCUT2D eigenvalue weighted by Gasteiger charge is -2.06. The van der Waals surface area contributed by atoms with Gasteiger partial charge in [-0.15, -0.1) is 0 Å². The first-order valence-electron chi connectivity index (χ1n) is 7.84. The smallest absolute Gasteiger partial charge is 0.326 e. The van der Waals surface area contributed by atoms with Crippen molar-refractivity contribution in [3.05, 3.63) is 74.5 Å². The molecule has 0 aliphatic heterocycles. The molecule has 0 bridgehead atoms. The van der Waals surface area contributed by atoms with E-state index in [0.29, 0.717) is 27.2 Å². The standard InChI is InChI=1S/C18H15ClN6O/c1-11-15(24(2)18(26)21-11)8-12-10-20-25-7-6-16(23-17(12)25)22-14-5-3-4-13(19)9-14/h3-10H,1H2,2H3,(H,21,26)(H,22,23)/b15-8-. The molecule has 3 heterocycles. The predicted molar refractivity (Wildman–Crippen MR) is 102 cm³/mol. The predicted octanol–water partition coefficient (Wildman–Crippen LogP) is 1.39. The summed E-state index contributed by atoms with van der Waals surface area (Å²) in [7, 11) is 1.69. The first kappa shape index (κ1) is 16.2. The molecule has 0 spiro atoms. The van der Waals surface area contributed by atoms with Crippen LogP contribution in [0.4, 0.5) is 11.5 Å². The van der Waals surface area contributed by atoms with Gasteiger partial charge >= 0.3 is 5.69 Å². The summed E-state index contributed by atoms with van der Waals surface area (Å²) in [5, 5.41) is 9.39. The first-order chi connectivity index (χ1) is 12.5. The Bertz CT molecular complexity index is 1280. The third-order valence-corrected chi connectivity index (χ3v) is 4.25. The van der Waals surface area contributed by atoms with Crippen LogP contribution >= 0.6 is 11.6 Å². The van der Waals surface area contributed by atoms with Gasteiger partial charge in [-0.2, -0.15) is 5.10 Å². The van der Waals surface area contributed by atoms with Crippen LogP contribution in [0.2, 0.25) is 5.02 Å². The molecule has 1 aromatic carbocycles. The average Bonchev–Trinajstić information content (AvgIpc) is 3.11. The maximum atomic E-state index is 11.7. The van der Waals surface area contributed by atoms with Crippen LogP contribution in [-0.2, 0) is 7.05 Å². The molecule has 0 unspecified atom stereocenters. The lowest BCUT2D eigenvalue weighted by Crippen LogP contribution is -2.29. The molecule has 0 fully saturated rings. The monoisotopic (exact) mass is 366 g/mol. The van der Waals surface area contributed by atoms with Crippen molar-refractivity contribution in [3.8, 4) is 0 Å². The highest BCUT2D eigenvalue weighted by Gasteiger charge is 2.07. The molecule has 3 aromatic heterocycles. The van der Waals surface area contributed by atoms with Crippen LogP contribution in [0.15, 0.2) is 47.5 Å². The molecule has 0 saturated heterocycles. The molecule has 8 heteroatoms. The Kier molecular flexibility index (Phi) is 3.85. The molecule has 26 heavy (non-hydrogen) atoms. The highest BCUT2D eigenvalue weighted by molar-refractivity contribution is 6.30. The summed E-state index contributed by atoms with van der Waals surface area (Å²) in [5.41, 5.74) is 2.06. The van der Waals surface area contributed by atoms with E-state index >= 15 is 0 Å². The lowest BCUT2D eigenvalue weighted by atomic mass is 10.3. The van der Waals surface area contributed by atoms with E-state index in [-0.39, 0.29) is 5.69 Å². The molecule has 0 aliphatic rings. The Morgan fingerprint density at radius 2 is 2.19 bits per heavy atom. The van der Waals surface area contributed by atoms with E-state index in [1.165, 1.54) is 4.57 Å². The SMILES string of the molecule is C=c1[nH]c(=O)n(C)/c1=C\c1cnn2ccc(Nc3cccc(Cl)c3)nc12. The number of aromatic amines is 1. The molecule has 0 aliphatic carbocycles. The van der Waals surface area contributed by atoms with Crippen LogP contribution in [0.1, 0.15) is 5.56 Å². The van der Waals surface area contributed by atoms with Gasteiger partial charge in [-0.1, -0.05) is 24.2 Å². The first-order valence-corrected chi connectivity index (χ1v) is 8.22. The molecular weight excluding hydrogens is 352 g/mol. The fourth-order valence-corrected chi connectivity index (χ4v) is 2.88. The highest BCUT2D eigenvalue weighted by atomic mass is 35.5. The number of H-pyrrole nitrogens is 1. The fraction of sp³-hybridized carbons (Fsp3) is 0.0556. The topological polar surface area (TPSA) is 80.0 Å². The van der Waals surface area contributed by atoms with Crippen LogP contribution in [0.3, 0.4) is 0 Å². The van der Waals surface area contributed by atoms with Gasteiger partial charge in [0, 0.05) is 29.5 Å². The van der Waals surface area contributed by atoms with Crippen LogP contribution in [0.25, 0.3) is 18.3 Å². The fourth-order valence-electron chi connectivity index (χ4n) is 2.69. The van der Waals surface area contributed by atoms with Crippen molar-refractivity contribution in [2.24, 2.45) is 7.05 Å². The van der Waals surface area contributed by atoms with Crippen LogP contribution in [-0.4, -0.2) is 24.1 Å². The maximum Gasteiger partial charge on any atom is 0.326 e. The second kappa shape index (κ2) is 6.20. The van der Waals surface area contributed by atoms with E-state index in [1.807, 2.05) is 42.6 Å². The number of nitrogens with zero attached hydrogens (tertiary/aromatic N) is 4. The number of nitrogens with one attached hydrogen (secondary N) is 2. The number of hydrogen-bond donors (Lipinski definition) is 2. The Morgan fingerprint density at radius 1 is 1.35 bits per heavy atom. The van der Waals surface area contributed by atoms with Gasteiger partial charge in [0.15, 0.2) is 5.65 Å². The minimum absolute atomic E-state index is 0.214. The summed E-state index contributed by atoms with van der Waals surface area (Å²) in [6.45, 7) is 3.86. The van der Waals surface area contributed by atoms with Crippen molar-refractivity contribution >= 4 is 41.4 Å². The van der Waals surface area contributed by atoms with Crippen molar-refractivity contribution in [3.63, 3.8) is 0 Å². The largest absolute Gasteiger partial charge is 0.340 e. The van der Waals surface area contributed by atoms with E-state index in [2.05, 4.69) is 27.0 Å². The minimum atomic E-state index is -0.214. The summed E-state index contributed by atoms with van der Waals surface area (Å²) in [6, 6.07) is 9.23. The van der Waals surface area contributed by atoms with E-state index in [1.54, 1.807) is 17.8 Å². The zero-order valence-corrected chi connectivity index (χ0v) is 14.7. The van der Waals surface area contributed by atoms with Crippen LogP contribution < -0.4 is 21.7 Å². The number of rotatable bonds is 3. The van der Waals surface area contributed by atoms with Gasteiger partial charge in [0.2, 0.25) is 0 Å². The Hall–Kier alpha value is -3.32. The van der Waals surface area contributed by atoms with Crippen LogP contribution in [0, 0.1) is 0 Å². The molecule has 4 aromatic rings. The van der Waals surface area contributed by atoms with Gasteiger partial charge < -0.3 is 10.3 Å². The Balaban J connectivity index is 1.80. The average molecular weight is 367 g/mol. The summed E-state index contributed by atoms with van der Waals surface area (Å²) in [4.78, 5) is 19.0. The van der Waals surface area contributed by atoms with E-state index in [9.17, 15) is 4.79 Å². The van der Waals surface area contributed by atoms with Gasteiger partial charge in [-0.3, -0.25) is 4.57 Å². The van der Waals surface area contributed by atoms with Gasteiger partial charge in [-0.05, 0) is 30.3 Å². The van der Waals surface area contributed by atoms with Crippen molar-refractivity contribution in [1.82, 2.24) is 24.1 Å². The number of halogens is 1. The zero-order valence-electron chi connectivity index (χ0n) is 13.9. The number of imidazole rings is 1. The van der Waals surface area contributed by atoms with Gasteiger partial charge in [-0.25, -0.2) is 14.3 Å². The lowest BCUT2D eigenvalue weighted by molar-refractivity contribution is 0.835. The number of fused-ring (bicyclic) bond motifs is 1. The molecule has 0 radical (unpaired) electrons. The Morgan fingerprint density at radius 3 is 2.92 bits per heavy atom. The minimum Gasteiger partial charge on any atom is -0.340 e. The van der Waals surface area contributed by atoms with Gasteiger partial charge in [0.05, 0.1) is 16.9 Å². The van der Waals surface area contributed by atoms with E-state index < -0.39 is 0 Å². The van der Waals surface area contributed by atoms with Crippen molar-refractivity contribution in [1.29, 1.82) is 0 Å². The molecule has 0 atom stereocenters. The molecule has 0 saturated carbocycles. The molecule has 2 N–H and O–H groups in total. The normalized spacial score (nSPS) is 12.0. The van der Waals surface area contributed by atoms with Gasteiger partial charge in [0.25, 0.3) is 0 Å². The highest BCUT2D eigenvalue weighted by Crippen LogP contribution is 2.20. The van der Waals surface area contributed by atoms with Crippen molar-refractivity contribution in [2.75, 3.05) is 5.32 Å². The number of benzene rings is 1. The van der Waals surface area contributed by atoms with Crippen LogP contribution in [0.5, 0.6) is 0 Å². The molecule has 130 valence electrons. The molecule has 7 nitrogen and oxygen atoms in total. The number of hydrogen-bond acceptors (Lipinski definition) is 4. The summed E-state index contributed by atoms with van der Waals surface area (Å²) >= 11 is 6.02. The molecule has 4 rings (SSSR count). The molecular formula is C18H15ClN6O. The second-order valence-corrected chi connectivity index (χ2v) is 6.25. The summed E-state index contributed by atoms with van der Waals surface area (Å²) in [5.74, 6) is 0.660. The maximum absolute atomic E-state index is 11.7. The van der Waals surface area contributed by atoms with Crippen molar-refractivity contribution < 1.29 is 0 Å². The third kappa shape index (κ3) is 2.89. The quantitative estimate of drug-likeness (QED) is 0.574. The number of aromatic nitrogens is 5. The molecule has 0 amide bonds. The number of anilines is 2. The van der Waals surface area contributed by atoms with Crippen molar-refractivity contribution in [2.45, 2.75) is 0 Å². The van der Waals surface area contributed by atoms with E-state index in [4.69, 9.17) is 11.6 Å². The third-order valence-electron chi connectivity index (χ3n) is 4.02. The summed E-state index contributed by atoms with van der Waals surface area (Å²) in [6.07, 6.45) is 5.34. The summed E-state index contributed by atoms with van der Waals surface area (Å²) < 4.78 is 3.17. The second-order valence-electron chi connectivity index (χ2n) is 5.81. The van der Waals surface area contributed by atoms with Gasteiger partial charge in [0.1, 0.15) is 5.82 Å².